The summed E-state index contributed by atoms with van der Waals surface area (Å²) >= 11 is 0. The Morgan fingerprint density at radius 1 is 1.35 bits per heavy atom. The first-order valence-electron chi connectivity index (χ1n) is 6.43. The molecule has 1 saturated heterocycles. The molecule has 0 saturated carbocycles. The number of hydrogen-bond acceptors (Lipinski definition) is 4. The van der Waals surface area contributed by atoms with E-state index in [0.29, 0.717) is 6.04 Å². The fourth-order valence-electron chi connectivity index (χ4n) is 2.52. The first-order valence-corrected chi connectivity index (χ1v) is 6.43. The SMILES string of the molecule is CNCc1cnc(N2CCC(C)CC2C)cn1. The second kappa shape index (κ2) is 5.45. The highest BCUT2D eigenvalue weighted by Gasteiger charge is 2.23. The van der Waals surface area contributed by atoms with E-state index in [1.807, 2.05) is 19.4 Å². The summed E-state index contributed by atoms with van der Waals surface area (Å²) in [5.41, 5.74) is 0.995. The van der Waals surface area contributed by atoms with Gasteiger partial charge >= 0.3 is 0 Å². The van der Waals surface area contributed by atoms with Crippen LogP contribution in [0.3, 0.4) is 0 Å². The number of anilines is 1. The predicted octanol–water partition coefficient (Wildman–Crippen LogP) is 1.82. The molecule has 4 nitrogen and oxygen atoms in total. The number of nitrogens with one attached hydrogen (secondary N) is 1. The molecular weight excluding hydrogens is 212 g/mol. The van der Waals surface area contributed by atoms with Gasteiger partial charge in [0.2, 0.25) is 0 Å². The van der Waals surface area contributed by atoms with Crippen LogP contribution in [0.4, 0.5) is 5.82 Å². The van der Waals surface area contributed by atoms with Crippen molar-refractivity contribution >= 4 is 5.82 Å². The molecule has 4 heteroatoms. The monoisotopic (exact) mass is 234 g/mol. The molecule has 1 aliphatic heterocycles. The molecule has 1 N–H and O–H groups in total. The Hall–Kier alpha value is -1.16. The summed E-state index contributed by atoms with van der Waals surface area (Å²) in [5.74, 6) is 1.85. The quantitative estimate of drug-likeness (QED) is 0.866. The Labute approximate surface area is 103 Å². The standard InChI is InChI=1S/C13H22N4/c1-10-4-5-17(11(2)6-10)13-9-15-12(7-14-3)8-16-13/h8-11,14H,4-7H2,1-3H3. The second-order valence-electron chi connectivity index (χ2n) is 5.07. The largest absolute Gasteiger partial charge is 0.353 e. The summed E-state index contributed by atoms with van der Waals surface area (Å²) in [5, 5.41) is 3.08. The average Bonchev–Trinajstić information content (AvgIpc) is 2.31. The van der Waals surface area contributed by atoms with Gasteiger partial charge in [-0.05, 0) is 32.7 Å². The van der Waals surface area contributed by atoms with Crippen molar-refractivity contribution in [1.82, 2.24) is 15.3 Å². The Morgan fingerprint density at radius 2 is 2.18 bits per heavy atom. The lowest BCUT2D eigenvalue weighted by molar-refractivity contribution is 0.375. The summed E-state index contributed by atoms with van der Waals surface area (Å²) < 4.78 is 0. The first kappa shape index (κ1) is 12.3. The van der Waals surface area contributed by atoms with E-state index >= 15 is 0 Å². The van der Waals surface area contributed by atoms with E-state index in [1.54, 1.807) is 0 Å². The van der Waals surface area contributed by atoms with Gasteiger partial charge in [0, 0.05) is 19.1 Å². The maximum Gasteiger partial charge on any atom is 0.147 e. The van der Waals surface area contributed by atoms with Crippen molar-refractivity contribution in [2.24, 2.45) is 5.92 Å². The number of aromatic nitrogens is 2. The van der Waals surface area contributed by atoms with Crippen molar-refractivity contribution in [2.75, 3.05) is 18.5 Å². The van der Waals surface area contributed by atoms with Crippen LogP contribution in [0.5, 0.6) is 0 Å². The summed E-state index contributed by atoms with van der Waals surface area (Å²) in [6, 6.07) is 0.572. The van der Waals surface area contributed by atoms with Crippen LogP contribution >= 0.6 is 0 Å². The van der Waals surface area contributed by atoms with Gasteiger partial charge in [0.15, 0.2) is 0 Å². The first-order chi connectivity index (χ1) is 8.20. The van der Waals surface area contributed by atoms with Crippen LogP contribution in [-0.4, -0.2) is 29.6 Å². The lowest BCUT2D eigenvalue weighted by Gasteiger charge is -2.37. The van der Waals surface area contributed by atoms with E-state index in [2.05, 4.69) is 34.0 Å². The topological polar surface area (TPSA) is 41.1 Å². The van der Waals surface area contributed by atoms with Gasteiger partial charge in [-0.15, -0.1) is 0 Å². The zero-order valence-electron chi connectivity index (χ0n) is 11.0. The Balaban J connectivity index is 2.06. The van der Waals surface area contributed by atoms with E-state index in [-0.39, 0.29) is 0 Å². The van der Waals surface area contributed by atoms with Gasteiger partial charge in [-0.1, -0.05) is 6.92 Å². The van der Waals surface area contributed by atoms with Crippen LogP contribution in [0.2, 0.25) is 0 Å². The van der Waals surface area contributed by atoms with Gasteiger partial charge in [0.05, 0.1) is 18.1 Å². The molecule has 0 aromatic carbocycles. The Morgan fingerprint density at radius 3 is 2.76 bits per heavy atom. The van der Waals surface area contributed by atoms with E-state index in [4.69, 9.17) is 0 Å². The maximum atomic E-state index is 4.52. The van der Waals surface area contributed by atoms with E-state index in [1.165, 1.54) is 12.8 Å². The molecule has 1 fully saturated rings. The van der Waals surface area contributed by atoms with Gasteiger partial charge in [-0.3, -0.25) is 4.98 Å². The zero-order valence-corrected chi connectivity index (χ0v) is 11.0. The highest BCUT2D eigenvalue weighted by atomic mass is 15.2. The predicted molar refractivity (Wildman–Crippen MR) is 70.0 cm³/mol. The van der Waals surface area contributed by atoms with Crippen molar-refractivity contribution < 1.29 is 0 Å². The van der Waals surface area contributed by atoms with E-state index < -0.39 is 0 Å². The molecule has 0 amide bonds. The number of piperidine rings is 1. The molecule has 0 aliphatic carbocycles. The zero-order chi connectivity index (χ0) is 12.3. The third-order valence-corrected chi connectivity index (χ3v) is 3.48. The average molecular weight is 234 g/mol. The van der Waals surface area contributed by atoms with Crippen LogP contribution in [0.15, 0.2) is 12.4 Å². The molecule has 1 aromatic rings. The number of hydrogen-bond donors (Lipinski definition) is 1. The van der Waals surface area contributed by atoms with Crippen molar-refractivity contribution in [3.63, 3.8) is 0 Å². The van der Waals surface area contributed by atoms with Crippen molar-refractivity contribution in [3.8, 4) is 0 Å². The third-order valence-electron chi connectivity index (χ3n) is 3.48. The van der Waals surface area contributed by atoms with Gasteiger partial charge in [0.25, 0.3) is 0 Å². The highest BCUT2D eigenvalue weighted by molar-refractivity contribution is 5.37. The lowest BCUT2D eigenvalue weighted by Crippen LogP contribution is -2.40. The number of rotatable bonds is 3. The molecule has 2 heterocycles. The van der Waals surface area contributed by atoms with Crippen molar-refractivity contribution in [3.05, 3.63) is 18.1 Å². The minimum Gasteiger partial charge on any atom is -0.353 e. The minimum absolute atomic E-state index is 0.572. The van der Waals surface area contributed by atoms with Crippen LogP contribution in [0.25, 0.3) is 0 Å². The molecule has 94 valence electrons. The minimum atomic E-state index is 0.572. The third kappa shape index (κ3) is 2.94. The van der Waals surface area contributed by atoms with Crippen LogP contribution in [-0.2, 0) is 6.54 Å². The number of nitrogens with zero attached hydrogens (tertiary/aromatic N) is 3. The molecule has 2 rings (SSSR count). The van der Waals surface area contributed by atoms with Crippen molar-refractivity contribution in [2.45, 2.75) is 39.3 Å². The fraction of sp³-hybridized carbons (Fsp3) is 0.692. The molecule has 2 unspecified atom stereocenters. The molecule has 17 heavy (non-hydrogen) atoms. The highest BCUT2D eigenvalue weighted by Crippen LogP contribution is 2.25. The van der Waals surface area contributed by atoms with E-state index in [9.17, 15) is 0 Å². The van der Waals surface area contributed by atoms with Crippen molar-refractivity contribution in [1.29, 1.82) is 0 Å². The lowest BCUT2D eigenvalue weighted by atomic mass is 9.93. The summed E-state index contributed by atoms with van der Waals surface area (Å²) in [4.78, 5) is 11.3. The van der Waals surface area contributed by atoms with Gasteiger partial charge in [-0.2, -0.15) is 0 Å². The second-order valence-corrected chi connectivity index (χ2v) is 5.07. The maximum absolute atomic E-state index is 4.52. The normalized spacial score (nSPS) is 25.0. The van der Waals surface area contributed by atoms with Crippen LogP contribution in [0.1, 0.15) is 32.4 Å². The van der Waals surface area contributed by atoms with Gasteiger partial charge in [-0.25, -0.2) is 4.98 Å². The van der Waals surface area contributed by atoms with E-state index in [0.717, 1.165) is 30.5 Å². The van der Waals surface area contributed by atoms with Crippen LogP contribution in [0, 0.1) is 5.92 Å². The van der Waals surface area contributed by atoms with Gasteiger partial charge < -0.3 is 10.2 Å². The summed E-state index contributed by atoms with van der Waals surface area (Å²) in [7, 11) is 1.92. The molecule has 0 radical (unpaired) electrons. The summed E-state index contributed by atoms with van der Waals surface area (Å²) in [6.45, 7) is 6.48. The smallest absolute Gasteiger partial charge is 0.147 e. The molecule has 2 atom stereocenters. The molecule has 0 spiro atoms. The van der Waals surface area contributed by atoms with Crippen LogP contribution < -0.4 is 10.2 Å². The van der Waals surface area contributed by atoms with Gasteiger partial charge in [0.1, 0.15) is 5.82 Å². The molecular formula is C13H22N4. The Bertz CT molecular complexity index is 349. The fourth-order valence-corrected chi connectivity index (χ4v) is 2.52. The molecule has 1 aromatic heterocycles. The molecule has 1 aliphatic rings. The molecule has 0 bridgehead atoms. The summed E-state index contributed by atoms with van der Waals surface area (Å²) in [6.07, 6.45) is 6.28. The Kier molecular flexibility index (Phi) is 3.94.